The Morgan fingerprint density at radius 3 is 2.50 bits per heavy atom. The van der Waals surface area contributed by atoms with E-state index in [-0.39, 0.29) is 6.04 Å². The number of benzene rings is 2. The molecule has 0 aliphatic carbocycles. The van der Waals surface area contributed by atoms with Gasteiger partial charge in [-0.15, -0.1) is 0 Å². The molecule has 2 heterocycles. The molecular weight excluding hydrogens is 300 g/mol. The Balaban J connectivity index is 1.61. The summed E-state index contributed by atoms with van der Waals surface area (Å²) in [5.74, 6) is 1.68. The molecule has 0 bridgehead atoms. The SMILES string of the molecule is CN1CCC(NC(c2ccccc2)c2ccc3c(c2)OCO3)CC1. The number of piperidine rings is 1. The molecular formula is C20H24N2O2. The Hall–Kier alpha value is -2.04. The van der Waals surface area contributed by atoms with E-state index in [1.165, 1.54) is 24.0 Å². The summed E-state index contributed by atoms with van der Waals surface area (Å²) < 4.78 is 11.0. The molecule has 2 aliphatic rings. The minimum absolute atomic E-state index is 0.175. The van der Waals surface area contributed by atoms with Crippen molar-refractivity contribution in [1.29, 1.82) is 0 Å². The molecule has 1 N–H and O–H groups in total. The van der Waals surface area contributed by atoms with Crippen LogP contribution in [0.2, 0.25) is 0 Å². The van der Waals surface area contributed by atoms with Crippen LogP contribution in [0, 0.1) is 0 Å². The number of hydrogen-bond donors (Lipinski definition) is 1. The van der Waals surface area contributed by atoms with Gasteiger partial charge in [0.2, 0.25) is 6.79 Å². The van der Waals surface area contributed by atoms with Gasteiger partial charge in [0.25, 0.3) is 0 Å². The van der Waals surface area contributed by atoms with Crippen LogP contribution in [0.4, 0.5) is 0 Å². The highest BCUT2D eigenvalue weighted by atomic mass is 16.7. The van der Waals surface area contributed by atoms with Gasteiger partial charge in [0.1, 0.15) is 0 Å². The zero-order chi connectivity index (χ0) is 16.4. The first-order valence-electron chi connectivity index (χ1n) is 8.69. The molecule has 1 atom stereocenters. The van der Waals surface area contributed by atoms with Gasteiger partial charge in [-0.05, 0) is 56.2 Å². The molecule has 4 nitrogen and oxygen atoms in total. The highest BCUT2D eigenvalue weighted by molar-refractivity contribution is 5.47. The molecule has 0 spiro atoms. The summed E-state index contributed by atoms with van der Waals surface area (Å²) in [6.07, 6.45) is 2.37. The van der Waals surface area contributed by atoms with Gasteiger partial charge in [0, 0.05) is 6.04 Å². The van der Waals surface area contributed by atoms with Crippen molar-refractivity contribution < 1.29 is 9.47 Å². The number of ether oxygens (including phenoxy) is 2. The van der Waals surface area contributed by atoms with Crippen molar-refractivity contribution in [2.45, 2.75) is 24.9 Å². The maximum Gasteiger partial charge on any atom is 0.231 e. The Bertz CT molecular complexity index is 681. The van der Waals surface area contributed by atoms with E-state index < -0.39 is 0 Å². The van der Waals surface area contributed by atoms with Crippen molar-refractivity contribution in [2.24, 2.45) is 0 Å². The van der Waals surface area contributed by atoms with Gasteiger partial charge < -0.3 is 19.7 Å². The van der Waals surface area contributed by atoms with Crippen LogP contribution < -0.4 is 14.8 Å². The summed E-state index contributed by atoms with van der Waals surface area (Å²) in [6, 6.07) is 17.6. The van der Waals surface area contributed by atoms with Crippen molar-refractivity contribution in [3.05, 3.63) is 59.7 Å². The van der Waals surface area contributed by atoms with E-state index in [2.05, 4.69) is 59.7 Å². The topological polar surface area (TPSA) is 33.7 Å². The van der Waals surface area contributed by atoms with E-state index in [4.69, 9.17) is 9.47 Å². The summed E-state index contributed by atoms with van der Waals surface area (Å²) in [4.78, 5) is 2.40. The monoisotopic (exact) mass is 324 g/mol. The van der Waals surface area contributed by atoms with Gasteiger partial charge in [-0.2, -0.15) is 0 Å². The molecule has 4 rings (SSSR count). The first kappa shape index (κ1) is 15.5. The number of nitrogens with one attached hydrogen (secondary N) is 1. The standard InChI is InChI=1S/C20H24N2O2/c1-22-11-9-17(10-12-22)21-20(15-5-3-2-4-6-15)16-7-8-18-19(13-16)24-14-23-18/h2-8,13,17,20-21H,9-12,14H2,1H3. The second-order valence-electron chi connectivity index (χ2n) is 6.70. The van der Waals surface area contributed by atoms with Crippen molar-refractivity contribution in [3.8, 4) is 11.5 Å². The average Bonchev–Trinajstić information content (AvgIpc) is 3.09. The molecule has 2 aromatic carbocycles. The Kier molecular flexibility index (Phi) is 4.41. The van der Waals surface area contributed by atoms with E-state index >= 15 is 0 Å². The van der Waals surface area contributed by atoms with E-state index in [1.54, 1.807) is 0 Å². The summed E-state index contributed by atoms with van der Waals surface area (Å²) in [7, 11) is 2.20. The highest BCUT2D eigenvalue weighted by Crippen LogP contribution is 2.36. The van der Waals surface area contributed by atoms with E-state index in [9.17, 15) is 0 Å². The molecule has 1 fully saturated rings. The molecule has 0 radical (unpaired) electrons. The van der Waals surface area contributed by atoms with Crippen molar-refractivity contribution in [2.75, 3.05) is 26.9 Å². The Morgan fingerprint density at radius 2 is 1.71 bits per heavy atom. The van der Waals surface area contributed by atoms with Gasteiger partial charge in [-0.25, -0.2) is 0 Å². The van der Waals surface area contributed by atoms with Gasteiger partial charge in [-0.1, -0.05) is 36.4 Å². The number of fused-ring (bicyclic) bond motifs is 1. The van der Waals surface area contributed by atoms with Crippen LogP contribution in [0.25, 0.3) is 0 Å². The minimum Gasteiger partial charge on any atom is -0.454 e. The maximum absolute atomic E-state index is 5.57. The minimum atomic E-state index is 0.175. The van der Waals surface area contributed by atoms with Crippen LogP contribution in [-0.4, -0.2) is 37.9 Å². The summed E-state index contributed by atoms with van der Waals surface area (Å²) >= 11 is 0. The highest BCUT2D eigenvalue weighted by Gasteiger charge is 2.24. The number of rotatable bonds is 4. The van der Waals surface area contributed by atoms with Crippen molar-refractivity contribution in [3.63, 3.8) is 0 Å². The van der Waals surface area contributed by atoms with Gasteiger partial charge >= 0.3 is 0 Å². The van der Waals surface area contributed by atoms with E-state index in [0.717, 1.165) is 24.6 Å². The molecule has 4 heteroatoms. The fourth-order valence-electron chi connectivity index (χ4n) is 3.53. The smallest absolute Gasteiger partial charge is 0.231 e. The zero-order valence-electron chi connectivity index (χ0n) is 14.1. The molecule has 24 heavy (non-hydrogen) atoms. The second kappa shape index (κ2) is 6.83. The third-order valence-corrected chi connectivity index (χ3v) is 4.98. The zero-order valence-corrected chi connectivity index (χ0v) is 14.1. The fourth-order valence-corrected chi connectivity index (χ4v) is 3.53. The summed E-state index contributed by atoms with van der Waals surface area (Å²) in [5.41, 5.74) is 2.51. The Labute approximate surface area is 143 Å². The van der Waals surface area contributed by atoms with Crippen LogP contribution in [-0.2, 0) is 0 Å². The number of nitrogens with zero attached hydrogens (tertiary/aromatic N) is 1. The van der Waals surface area contributed by atoms with E-state index in [1.807, 2.05) is 6.07 Å². The Morgan fingerprint density at radius 1 is 0.958 bits per heavy atom. The quantitative estimate of drug-likeness (QED) is 0.936. The average molecular weight is 324 g/mol. The number of hydrogen-bond acceptors (Lipinski definition) is 4. The normalized spacial score (nSPS) is 19.4. The number of likely N-dealkylation sites (tertiary alicyclic amines) is 1. The fraction of sp³-hybridized carbons (Fsp3) is 0.400. The molecule has 2 aromatic rings. The summed E-state index contributed by atoms with van der Waals surface area (Å²) in [6.45, 7) is 2.62. The lowest BCUT2D eigenvalue weighted by molar-refractivity contribution is 0.174. The predicted octanol–water partition coefficient (Wildman–Crippen LogP) is 3.19. The molecule has 1 saturated heterocycles. The van der Waals surface area contributed by atoms with Crippen LogP contribution in [0.1, 0.15) is 30.0 Å². The first-order chi connectivity index (χ1) is 11.8. The second-order valence-corrected chi connectivity index (χ2v) is 6.70. The third kappa shape index (κ3) is 3.25. The molecule has 126 valence electrons. The van der Waals surface area contributed by atoms with Crippen molar-refractivity contribution >= 4 is 0 Å². The molecule has 0 saturated carbocycles. The maximum atomic E-state index is 5.57. The van der Waals surface area contributed by atoms with Crippen LogP contribution in [0.3, 0.4) is 0 Å². The van der Waals surface area contributed by atoms with Gasteiger partial charge in [-0.3, -0.25) is 0 Å². The first-order valence-corrected chi connectivity index (χ1v) is 8.69. The molecule has 1 unspecified atom stereocenters. The van der Waals surface area contributed by atoms with Crippen LogP contribution in [0.5, 0.6) is 11.5 Å². The lowest BCUT2D eigenvalue weighted by Crippen LogP contribution is -2.42. The lowest BCUT2D eigenvalue weighted by Gasteiger charge is -2.33. The third-order valence-electron chi connectivity index (χ3n) is 4.98. The lowest BCUT2D eigenvalue weighted by atomic mass is 9.95. The summed E-state index contributed by atoms with van der Waals surface area (Å²) in [5, 5.41) is 3.88. The van der Waals surface area contributed by atoms with Crippen LogP contribution in [0.15, 0.2) is 48.5 Å². The van der Waals surface area contributed by atoms with Gasteiger partial charge in [0.05, 0.1) is 6.04 Å². The van der Waals surface area contributed by atoms with Crippen molar-refractivity contribution in [1.82, 2.24) is 10.2 Å². The molecule has 0 aromatic heterocycles. The predicted molar refractivity (Wildman–Crippen MR) is 94.5 cm³/mol. The molecule has 2 aliphatic heterocycles. The molecule has 0 amide bonds. The largest absolute Gasteiger partial charge is 0.454 e. The van der Waals surface area contributed by atoms with E-state index in [0.29, 0.717) is 12.8 Å². The van der Waals surface area contributed by atoms with Crippen LogP contribution >= 0.6 is 0 Å². The van der Waals surface area contributed by atoms with Gasteiger partial charge in [0.15, 0.2) is 11.5 Å².